The first-order chi connectivity index (χ1) is 17.6. The number of fused-ring (bicyclic) bond motifs is 1. The molecule has 10 nitrogen and oxygen atoms in total. The Labute approximate surface area is 231 Å². The minimum absolute atomic E-state index is 0.0664. The monoisotopic (exact) mass is 569 g/mol. The highest BCUT2D eigenvalue weighted by Crippen LogP contribution is 2.44. The average molecular weight is 570 g/mol. The van der Waals surface area contributed by atoms with E-state index in [1.54, 1.807) is 9.47 Å². The highest BCUT2D eigenvalue weighted by molar-refractivity contribution is 8.32. The predicted molar refractivity (Wildman–Crippen MR) is 157 cm³/mol. The fourth-order valence-electron chi connectivity index (χ4n) is 4.10. The van der Waals surface area contributed by atoms with Gasteiger partial charge in [0.1, 0.15) is 35.0 Å². The molecule has 1 amide bonds. The van der Waals surface area contributed by atoms with Crippen molar-refractivity contribution >= 4 is 55.7 Å². The van der Waals surface area contributed by atoms with Crippen LogP contribution < -0.4 is 5.32 Å². The van der Waals surface area contributed by atoms with E-state index in [2.05, 4.69) is 29.1 Å². The maximum absolute atomic E-state index is 12.6. The molecule has 0 radical (unpaired) electrons. The Bertz CT molecular complexity index is 1230. The van der Waals surface area contributed by atoms with Crippen molar-refractivity contribution in [1.82, 2.24) is 14.5 Å². The van der Waals surface area contributed by atoms with Crippen LogP contribution in [0.4, 0.5) is 16.2 Å². The lowest BCUT2D eigenvalue weighted by molar-refractivity contribution is -0.384. The Hall–Kier alpha value is -2.50. The van der Waals surface area contributed by atoms with E-state index in [1.807, 2.05) is 40.7 Å². The summed E-state index contributed by atoms with van der Waals surface area (Å²) >= 11 is 6.99. The lowest BCUT2D eigenvalue weighted by Gasteiger charge is -2.29. The van der Waals surface area contributed by atoms with Crippen LogP contribution in [0.5, 0.6) is 0 Å². The largest absolute Gasteiger partial charge is 0.444 e. The number of hydrogen-bond donors (Lipinski definition) is 1. The van der Waals surface area contributed by atoms with Crippen molar-refractivity contribution in [1.29, 1.82) is 0 Å². The topological polar surface area (TPSA) is 112 Å². The number of rotatable bonds is 9. The molecule has 0 bridgehead atoms. The lowest BCUT2D eigenvalue weighted by Crippen LogP contribution is -2.39. The molecule has 3 heterocycles. The predicted octanol–water partition coefficient (Wildman–Crippen LogP) is 6.11. The number of pyridine rings is 1. The zero-order valence-corrected chi connectivity index (χ0v) is 25.2. The summed E-state index contributed by atoms with van der Waals surface area (Å²) in [5.74, 6) is 0.946. The van der Waals surface area contributed by atoms with Gasteiger partial charge in [-0.1, -0.05) is 17.7 Å². The summed E-state index contributed by atoms with van der Waals surface area (Å²) in [6, 6.07) is -0.0664. The third-order valence-corrected chi connectivity index (χ3v) is 7.64. The molecule has 0 aliphatic carbocycles. The van der Waals surface area contributed by atoms with Gasteiger partial charge in [0.05, 0.1) is 16.9 Å². The number of amides is 1. The number of nitrogens with zero attached hydrogens (tertiary/aromatic N) is 4. The molecule has 3 rings (SSSR count). The summed E-state index contributed by atoms with van der Waals surface area (Å²) in [6.45, 7) is 10.9. The zero-order valence-electron chi connectivity index (χ0n) is 23.6. The van der Waals surface area contributed by atoms with Gasteiger partial charge in [-0.25, -0.2) is 19.8 Å². The average Bonchev–Trinajstić information content (AvgIpc) is 3.06. The van der Waals surface area contributed by atoms with Crippen LogP contribution in [0.1, 0.15) is 46.6 Å². The van der Waals surface area contributed by atoms with Crippen LogP contribution >= 0.6 is 21.6 Å². The van der Waals surface area contributed by atoms with Gasteiger partial charge in [-0.2, -0.15) is 0 Å². The van der Waals surface area contributed by atoms with Crippen molar-refractivity contribution in [2.45, 2.75) is 59.4 Å². The molecule has 1 aliphatic heterocycles. The maximum Gasteiger partial charge on any atom is 0.410 e. The molecule has 0 aromatic carbocycles. The highest BCUT2D eigenvalue weighted by atomic mass is 35.5. The van der Waals surface area contributed by atoms with E-state index in [1.165, 1.54) is 6.20 Å². The minimum atomic E-state index is -0.722. The van der Waals surface area contributed by atoms with E-state index >= 15 is 0 Å². The summed E-state index contributed by atoms with van der Waals surface area (Å²) < 4.78 is 13.3. The van der Waals surface area contributed by atoms with E-state index in [9.17, 15) is 14.9 Å². The van der Waals surface area contributed by atoms with E-state index in [0.717, 1.165) is 11.3 Å². The quantitative estimate of drug-likeness (QED) is 0.220. The van der Waals surface area contributed by atoms with Gasteiger partial charge in [-0.15, -0.1) is 0 Å². The fraction of sp³-hybridized carbons (Fsp3) is 0.615. The first-order valence-electron chi connectivity index (χ1n) is 12.6. The third kappa shape index (κ3) is 7.33. The summed E-state index contributed by atoms with van der Waals surface area (Å²) in [4.78, 5) is 30.2. The first kappa shape index (κ1) is 30.0. The van der Waals surface area contributed by atoms with Crippen molar-refractivity contribution in [2.75, 3.05) is 49.5 Å². The Morgan fingerprint density at radius 2 is 2.00 bits per heavy atom. The van der Waals surface area contributed by atoms with Crippen molar-refractivity contribution in [3.8, 4) is 0 Å². The molecule has 212 valence electrons. The Morgan fingerprint density at radius 1 is 1.32 bits per heavy atom. The molecule has 0 saturated heterocycles. The second-order valence-electron chi connectivity index (χ2n) is 11.6. The van der Waals surface area contributed by atoms with Crippen molar-refractivity contribution in [3.63, 3.8) is 0 Å². The van der Waals surface area contributed by atoms with Crippen LogP contribution in [0.3, 0.4) is 0 Å². The van der Waals surface area contributed by atoms with Gasteiger partial charge in [-0.3, -0.25) is 14.7 Å². The van der Waals surface area contributed by atoms with E-state index in [4.69, 9.17) is 21.1 Å². The number of ether oxygens (including phenoxy) is 2. The van der Waals surface area contributed by atoms with Crippen LogP contribution in [0.25, 0.3) is 16.6 Å². The maximum atomic E-state index is 12.6. The van der Waals surface area contributed by atoms with E-state index in [-0.39, 0.29) is 24.6 Å². The van der Waals surface area contributed by atoms with Gasteiger partial charge in [0.2, 0.25) is 0 Å². The van der Waals surface area contributed by atoms with Crippen molar-refractivity contribution in [3.05, 3.63) is 33.1 Å². The van der Waals surface area contributed by atoms with E-state index < -0.39 is 20.6 Å². The van der Waals surface area contributed by atoms with Crippen molar-refractivity contribution in [2.24, 2.45) is 0 Å². The van der Waals surface area contributed by atoms with E-state index in [0.29, 0.717) is 53.6 Å². The number of anilines is 1. The molecule has 0 spiro atoms. The smallest absolute Gasteiger partial charge is 0.410 e. The molecule has 0 fully saturated rings. The number of nitrogens with one attached hydrogen (secondary N) is 1. The van der Waals surface area contributed by atoms with Crippen LogP contribution in [-0.2, 0) is 16.2 Å². The standard InChI is InChI=1S/C26H40ClN5O5S/c1-17(2)29-22-19(32(34)35)15-28-24-21(22)20(23(27)31(24)16-36-13-14-38(6,7)8)18-9-11-30(12-10-18)25(33)37-26(3,4)5/h9,15,17H,10-14,16H2,1-8H3,(H,28,29). The minimum Gasteiger partial charge on any atom is -0.444 e. The zero-order chi connectivity index (χ0) is 28.4. The Balaban J connectivity index is 2.08. The van der Waals surface area contributed by atoms with Gasteiger partial charge in [0.25, 0.3) is 0 Å². The second kappa shape index (κ2) is 11.7. The summed E-state index contributed by atoms with van der Waals surface area (Å²) in [5.41, 5.74) is 1.75. The van der Waals surface area contributed by atoms with Crippen LogP contribution in [0.15, 0.2) is 12.3 Å². The molecule has 0 atom stereocenters. The first-order valence-corrected chi connectivity index (χ1v) is 16.0. The number of halogens is 1. The van der Waals surface area contributed by atoms with Crippen molar-refractivity contribution < 1.29 is 19.2 Å². The summed E-state index contributed by atoms with van der Waals surface area (Å²) in [6.07, 6.45) is 10.0. The summed E-state index contributed by atoms with van der Waals surface area (Å²) in [7, 11) is -0.722. The molecule has 38 heavy (non-hydrogen) atoms. The van der Waals surface area contributed by atoms with Gasteiger partial charge < -0.3 is 19.7 Å². The highest BCUT2D eigenvalue weighted by Gasteiger charge is 2.31. The SMILES string of the molecule is CC(C)Nc1c([N+](=O)[O-])cnc2c1c(C1=CCN(C(=O)OC(C)(C)C)CC1)c(Cl)n2COCCS(C)(C)C. The Morgan fingerprint density at radius 3 is 2.53 bits per heavy atom. The molecular formula is C26H40ClN5O5S. The molecule has 2 aromatic heterocycles. The number of hydrogen-bond acceptors (Lipinski definition) is 7. The Kier molecular flexibility index (Phi) is 9.26. The normalized spacial score (nSPS) is 15.1. The lowest BCUT2D eigenvalue weighted by atomic mass is 9.98. The number of carbonyl (C=O) groups excluding carboxylic acids is 1. The van der Waals surface area contributed by atoms with Gasteiger partial charge in [-0.05, 0) is 65.4 Å². The van der Waals surface area contributed by atoms with Gasteiger partial charge >= 0.3 is 11.8 Å². The van der Waals surface area contributed by atoms with Gasteiger partial charge in [0, 0.05) is 30.4 Å². The number of nitro groups is 1. The third-order valence-electron chi connectivity index (χ3n) is 5.86. The molecule has 12 heteroatoms. The number of carbonyl (C=O) groups is 1. The number of aromatic nitrogens is 2. The molecule has 1 aliphatic rings. The van der Waals surface area contributed by atoms with Gasteiger partial charge in [0.15, 0.2) is 0 Å². The summed E-state index contributed by atoms with van der Waals surface area (Å²) in [5, 5.41) is 16.2. The molecule has 0 unspecified atom stereocenters. The van der Waals surface area contributed by atoms with Crippen LogP contribution in [0, 0.1) is 10.1 Å². The van der Waals surface area contributed by atoms with Crippen LogP contribution in [0.2, 0.25) is 5.15 Å². The molecule has 2 aromatic rings. The molecular weight excluding hydrogens is 530 g/mol. The van der Waals surface area contributed by atoms with Crippen LogP contribution in [-0.4, -0.2) is 81.3 Å². The molecule has 1 N–H and O–H groups in total. The molecule has 0 saturated carbocycles. The second-order valence-corrected chi connectivity index (χ2v) is 16.6. The fourth-order valence-corrected chi connectivity index (χ4v) is 5.06.